The predicted octanol–water partition coefficient (Wildman–Crippen LogP) is 3.56. The van der Waals surface area contributed by atoms with E-state index >= 15 is 0 Å². The van der Waals surface area contributed by atoms with E-state index in [4.69, 9.17) is 9.47 Å². The van der Waals surface area contributed by atoms with Gasteiger partial charge in [-0.15, -0.1) is 6.58 Å². The molecule has 32 heavy (non-hydrogen) atoms. The van der Waals surface area contributed by atoms with Gasteiger partial charge in [0.05, 0.1) is 25.0 Å². The molecule has 0 bridgehead atoms. The molecule has 0 aliphatic rings. The van der Waals surface area contributed by atoms with E-state index in [1.165, 1.54) is 0 Å². The summed E-state index contributed by atoms with van der Waals surface area (Å²) in [5.41, 5.74) is 0.270. The molecule has 0 aliphatic carbocycles. The molecule has 3 atom stereocenters. The van der Waals surface area contributed by atoms with Gasteiger partial charge in [-0.3, -0.25) is 14.4 Å². The maximum atomic E-state index is 13.1. The summed E-state index contributed by atoms with van der Waals surface area (Å²) in [6.45, 7) is 13.0. The maximum absolute atomic E-state index is 13.1. The number of carbonyl (C=O) groups is 3. The Bertz CT molecular complexity index is 755. The monoisotopic (exact) mass is 446 g/mol. The van der Waals surface area contributed by atoms with Crippen molar-refractivity contribution < 1.29 is 23.9 Å². The van der Waals surface area contributed by atoms with Crippen LogP contribution >= 0.6 is 0 Å². The molecule has 1 aromatic rings. The molecule has 0 aromatic heterocycles. The van der Waals surface area contributed by atoms with Crippen LogP contribution in [0.2, 0.25) is 0 Å². The predicted molar refractivity (Wildman–Crippen MR) is 125 cm³/mol. The van der Waals surface area contributed by atoms with Gasteiger partial charge in [0, 0.05) is 7.11 Å². The van der Waals surface area contributed by atoms with Crippen molar-refractivity contribution in [2.45, 2.75) is 65.1 Å². The molecule has 178 valence electrons. The van der Waals surface area contributed by atoms with Gasteiger partial charge in [-0.1, -0.05) is 50.3 Å². The van der Waals surface area contributed by atoms with Gasteiger partial charge in [-0.25, -0.2) is 0 Å². The normalized spacial score (nSPS) is 14.2. The molecule has 1 aromatic carbocycles. The fourth-order valence-electron chi connectivity index (χ4n) is 3.21. The summed E-state index contributed by atoms with van der Waals surface area (Å²) >= 11 is 0. The number of methoxy groups -OCH3 is 1. The first-order valence-corrected chi connectivity index (χ1v) is 11.0. The third-order valence-corrected chi connectivity index (χ3v) is 4.75. The highest BCUT2D eigenvalue weighted by atomic mass is 16.6. The average Bonchev–Trinajstić information content (AvgIpc) is 2.70. The number of hydrogen-bond acceptors (Lipinski definition) is 5. The maximum Gasteiger partial charge on any atom is 0.307 e. The van der Waals surface area contributed by atoms with E-state index in [1.807, 2.05) is 44.2 Å². The second-order valence-electron chi connectivity index (χ2n) is 9.17. The van der Waals surface area contributed by atoms with Crippen molar-refractivity contribution >= 4 is 17.8 Å². The Hall–Kier alpha value is -2.67. The van der Waals surface area contributed by atoms with Gasteiger partial charge in [0.1, 0.15) is 11.6 Å². The molecule has 7 heteroatoms. The molecule has 0 spiro atoms. The second-order valence-corrected chi connectivity index (χ2v) is 9.17. The first-order chi connectivity index (χ1) is 15.0. The lowest BCUT2D eigenvalue weighted by atomic mass is 9.97. The number of ether oxygens (including phenoxy) is 2. The zero-order valence-electron chi connectivity index (χ0n) is 20.1. The first kappa shape index (κ1) is 27.4. The zero-order valence-corrected chi connectivity index (χ0v) is 20.1. The first-order valence-electron chi connectivity index (χ1n) is 11.0. The minimum atomic E-state index is -0.767. The summed E-state index contributed by atoms with van der Waals surface area (Å²) in [7, 11) is 1.57. The van der Waals surface area contributed by atoms with E-state index in [-0.39, 0.29) is 30.2 Å². The summed E-state index contributed by atoms with van der Waals surface area (Å²) in [6.07, 6.45) is 1.80. The third-order valence-electron chi connectivity index (χ3n) is 4.75. The summed E-state index contributed by atoms with van der Waals surface area (Å²) in [4.78, 5) is 38.3. The van der Waals surface area contributed by atoms with Crippen LogP contribution in [0.1, 0.15) is 59.1 Å². The number of hydrogen-bond donors (Lipinski definition) is 2. The van der Waals surface area contributed by atoms with Crippen LogP contribution in [0, 0.1) is 11.8 Å². The summed E-state index contributed by atoms with van der Waals surface area (Å²) < 4.78 is 10.6. The number of allylic oxidation sites excluding steroid dienone is 1. The van der Waals surface area contributed by atoms with Crippen LogP contribution in [0.25, 0.3) is 0 Å². The smallest absolute Gasteiger partial charge is 0.307 e. The van der Waals surface area contributed by atoms with Gasteiger partial charge in [-0.05, 0) is 38.7 Å². The Morgan fingerprint density at radius 1 is 1.06 bits per heavy atom. The molecule has 2 N–H and O–H groups in total. The molecule has 0 radical (unpaired) electrons. The Labute approximate surface area is 191 Å². The number of carbonyl (C=O) groups excluding carboxylic acids is 3. The molecule has 0 aliphatic heterocycles. The summed E-state index contributed by atoms with van der Waals surface area (Å²) in [5, 5.41) is 5.79. The zero-order chi connectivity index (χ0) is 24.3. The highest BCUT2D eigenvalue weighted by Crippen LogP contribution is 2.17. The van der Waals surface area contributed by atoms with Gasteiger partial charge in [0.2, 0.25) is 11.8 Å². The van der Waals surface area contributed by atoms with Crippen LogP contribution in [-0.4, -0.2) is 43.1 Å². The van der Waals surface area contributed by atoms with Gasteiger partial charge in [-0.2, -0.15) is 0 Å². The lowest BCUT2D eigenvalue weighted by Crippen LogP contribution is -2.52. The van der Waals surface area contributed by atoms with Crippen molar-refractivity contribution in [2.75, 3.05) is 13.7 Å². The molecule has 1 unspecified atom stereocenters. The lowest BCUT2D eigenvalue weighted by Gasteiger charge is -2.27. The minimum Gasteiger partial charge on any atom is -0.460 e. The van der Waals surface area contributed by atoms with E-state index in [2.05, 4.69) is 17.2 Å². The number of amides is 2. The molecule has 7 nitrogen and oxygen atoms in total. The Morgan fingerprint density at radius 3 is 2.19 bits per heavy atom. The Morgan fingerprint density at radius 2 is 1.69 bits per heavy atom. The van der Waals surface area contributed by atoms with E-state index in [0.29, 0.717) is 13.0 Å². The highest BCUT2D eigenvalue weighted by molar-refractivity contribution is 5.90. The summed E-state index contributed by atoms with van der Waals surface area (Å²) in [5.74, 6) is -1.99. The van der Waals surface area contributed by atoms with E-state index in [1.54, 1.807) is 34.0 Å². The molecule has 0 saturated heterocycles. The fourth-order valence-corrected chi connectivity index (χ4v) is 3.21. The fraction of sp³-hybridized carbons (Fsp3) is 0.560. The second kappa shape index (κ2) is 13.0. The van der Waals surface area contributed by atoms with Crippen molar-refractivity contribution in [2.24, 2.45) is 11.8 Å². The SMILES string of the molecule is C=CC[C@H](CC(=O)OC(C)(C)C)C(=O)N[C@H](C(=O)NC(COC)c1ccccc1)C(C)C. The van der Waals surface area contributed by atoms with Crippen molar-refractivity contribution in [3.8, 4) is 0 Å². The molecule has 1 rings (SSSR count). The van der Waals surface area contributed by atoms with Crippen LogP contribution in [0.5, 0.6) is 0 Å². The van der Waals surface area contributed by atoms with Crippen LogP contribution < -0.4 is 10.6 Å². The Balaban J connectivity index is 2.91. The molecule has 0 heterocycles. The van der Waals surface area contributed by atoms with E-state index < -0.39 is 23.5 Å². The molecular weight excluding hydrogens is 408 g/mol. The number of esters is 1. The molecular formula is C25H38N2O5. The van der Waals surface area contributed by atoms with Gasteiger partial charge >= 0.3 is 5.97 Å². The van der Waals surface area contributed by atoms with Crippen molar-refractivity contribution in [1.82, 2.24) is 10.6 Å². The van der Waals surface area contributed by atoms with E-state index in [0.717, 1.165) is 5.56 Å². The molecule has 0 saturated carbocycles. The Kier molecular flexibility index (Phi) is 11.1. The van der Waals surface area contributed by atoms with Crippen LogP contribution in [-0.2, 0) is 23.9 Å². The van der Waals surface area contributed by atoms with Gasteiger partial charge < -0.3 is 20.1 Å². The molecule has 2 amide bonds. The largest absolute Gasteiger partial charge is 0.460 e. The molecule has 0 fully saturated rings. The van der Waals surface area contributed by atoms with Crippen LogP contribution in [0.3, 0.4) is 0 Å². The van der Waals surface area contributed by atoms with Crippen LogP contribution in [0.4, 0.5) is 0 Å². The van der Waals surface area contributed by atoms with Crippen molar-refractivity contribution in [3.05, 3.63) is 48.6 Å². The number of rotatable bonds is 12. The van der Waals surface area contributed by atoms with Gasteiger partial charge in [0.15, 0.2) is 0 Å². The topological polar surface area (TPSA) is 93.7 Å². The van der Waals surface area contributed by atoms with Crippen molar-refractivity contribution in [3.63, 3.8) is 0 Å². The van der Waals surface area contributed by atoms with Crippen molar-refractivity contribution in [1.29, 1.82) is 0 Å². The highest BCUT2D eigenvalue weighted by Gasteiger charge is 2.31. The standard InChI is InChI=1S/C25H38N2O5/c1-8-12-19(15-21(28)32-25(4,5)6)23(29)27-22(17(2)3)24(30)26-20(16-31-7)18-13-10-9-11-14-18/h8-11,13-14,17,19-20,22H,1,12,15-16H2,2-7H3,(H,26,30)(H,27,29)/t19-,20?,22+/m1/s1. The van der Waals surface area contributed by atoms with E-state index in [9.17, 15) is 14.4 Å². The lowest BCUT2D eigenvalue weighted by molar-refractivity contribution is -0.157. The quantitative estimate of drug-likeness (QED) is 0.378. The van der Waals surface area contributed by atoms with Crippen LogP contribution in [0.15, 0.2) is 43.0 Å². The average molecular weight is 447 g/mol. The number of nitrogens with one attached hydrogen (secondary N) is 2. The number of benzene rings is 1. The van der Waals surface area contributed by atoms with Gasteiger partial charge in [0.25, 0.3) is 0 Å². The third kappa shape index (κ3) is 9.64. The summed E-state index contributed by atoms with van der Waals surface area (Å²) in [6, 6.07) is 8.39. The minimum absolute atomic E-state index is 0.0854.